The summed E-state index contributed by atoms with van der Waals surface area (Å²) in [4.78, 5) is 42.6. The van der Waals surface area contributed by atoms with Crippen LogP contribution in [-0.2, 0) is 21.4 Å². The zero-order chi connectivity index (χ0) is 29.0. The largest absolute Gasteiger partial charge is 0.343 e. The third kappa shape index (κ3) is 6.85. The Labute approximate surface area is 233 Å². The molecular formula is C30H38FN5O4. The lowest BCUT2D eigenvalue weighted by molar-refractivity contribution is -0.155. The fourth-order valence-electron chi connectivity index (χ4n) is 5.47. The molecule has 1 aliphatic rings. The van der Waals surface area contributed by atoms with Crippen LogP contribution in [0.5, 0.6) is 0 Å². The number of carbonyl (C=O) groups is 3. The van der Waals surface area contributed by atoms with Gasteiger partial charge in [0, 0.05) is 18.3 Å². The highest BCUT2D eigenvalue weighted by molar-refractivity contribution is 5.99. The van der Waals surface area contributed by atoms with Gasteiger partial charge < -0.3 is 15.2 Å². The minimum atomic E-state index is -0.872. The molecule has 1 aliphatic carbocycles. The van der Waals surface area contributed by atoms with Crippen molar-refractivity contribution in [1.82, 2.24) is 19.9 Å². The second-order valence-corrected chi connectivity index (χ2v) is 11.8. The van der Waals surface area contributed by atoms with E-state index in [1.54, 1.807) is 24.3 Å². The standard InChI is InChI=1S/C30H38FN5O4/c1-30(2,3)26(34-28(38)21(17-36(40)18-37)15-19-7-5-6-8-19)29(39)32-23-13-14-25-24(16-23)33-27(35(25)4)20-9-11-22(31)12-10-20/h9-14,16,18-19,21,26,40H,5-8,15,17H2,1-4H3,(H,32,39)(H,34,38)/t21-,26-/m1/s1. The van der Waals surface area contributed by atoms with Gasteiger partial charge in [-0.1, -0.05) is 46.5 Å². The van der Waals surface area contributed by atoms with E-state index in [9.17, 15) is 24.0 Å². The summed E-state index contributed by atoms with van der Waals surface area (Å²) in [5.41, 5.74) is 2.17. The predicted octanol–water partition coefficient (Wildman–Crippen LogP) is 4.89. The average molecular weight is 552 g/mol. The van der Waals surface area contributed by atoms with Gasteiger partial charge in [0.2, 0.25) is 18.2 Å². The highest BCUT2D eigenvalue weighted by Crippen LogP contribution is 2.31. The van der Waals surface area contributed by atoms with Crippen LogP contribution in [0.2, 0.25) is 0 Å². The number of nitrogens with one attached hydrogen (secondary N) is 2. The molecule has 10 heteroatoms. The maximum absolute atomic E-state index is 13.5. The van der Waals surface area contributed by atoms with E-state index in [1.165, 1.54) is 12.1 Å². The van der Waals surface area contributed by atoms with Crippen LogP contribution in [-0.4, -0.2) is 50.6 Å². The number of amides is 3. The number of imidazole rings is 1. The van der Waals surface area contributed by atoms with Gasteiger partial charge in [0.05, 0.1) is 23.5 Å². The van der Waals surface area contributed by atoms with Gasteiger partial charge in [-0.25, -0.2) is 14.4 Å². The van der Waals surface area contributed by atoms with Gasteiger partial charge in [0.15, 0.2) is 0 Å². The summed E-state index contributed by atoms with van der Waals surface area (Å²) in [6.07, 6.45) is 5.07. The zero-order valence-corrected chi connectivity index (χ0v) is 23.5. The molecule has 2 aromatic carbocycles. The number of nitrogens with zero attached hydrogens (tertiary/aromatic N) is 3. The molecule has 40 heavy (non-hydrogen) atoms. The van der Waals surface area contributed by atoms with Crippen LogP contribution >= 0.6 is 0 Å². The van der Waals surface area contributed by atoms with Gasteiger partial charge in [0.1, 0.15) is 17.7 Å². The van der Waals surface area contributed by atoms with Crippen LogP contribution in [0.1, 0.15) is 52.9 Å². The molecule has 0 unspecified atom stereocenters. The number of benzene rings is 2. The van der Waals surface area contributed by atoms with E-state index < -0.39 is 17.4 Å². The average Bonchev–Trinajstić information content (AvgIpc) is 3.53. The van der Waals surface area contributed by atoms with Crippen LogP contribution in [0.4, 0.5) is 10.1 Å². The van der Waals surface area contributed by atoms with Gasteiger partial charge in [-0.3, -0.25) is 19.6 Å². The molecule has 0 saturated heterocycles. The Kier molecular flexibility index (Phi) is 8.88. The van der Waals surface area contributed by atoms with Gasteiger partial charge in [0.25, 0.3) is 0 Å². The molecule has 0 spiro atoms. The van der Waals surface area contributed by atoms with E-state index in [1.807, 2.05) is 38.5 Å². The van der Waals surface area contributed by atoms with Gasteiger partial charge in [-0.15, -0.1) is 0 Å². The molecule has 1 fully saturated rings. The van der Waals surface area contributed by atoms with Crippen molar-refractivity contribution < 1.29 is 24.0 Å². The quantitative estimate of drug-likeness (QED) is 0.188. The predicted molar refractivity (Wildman–Crippen MR) is 151 cm³/mol. The second kappa shape index (κ2) is 12.2. The number of aryl methyl sites for hydroxylation is 1. The number of hydrogen-bond donors (Lipinski definition) is 3. The fourth-order valence-corrected chi connectivity index (χ4v) is 5.47. The number of aromatic nitrogens is 2. The second-order valence-electron chi connectivity index (χ2n) is 11.8. The Morgan fingerprint density at radius 1 is 1.15 bits per heavy atom. The molecule has 1 aromatic heterocycles. The van der Waals surface area contributed by atoms with E-state index in [0.717, 1.165) is 36.8 Å². The van der Waals surface area contributed by atoms with Gasteiger partial charge in [-0.2, -0.15) is 0 Å². The first-order valence-corrected chi connectivity index (χ1v) is 13.7. The molecule has 4 rings (SSSR count). The molecule has 3 aromatic rings. The summed E-state index contributed by atoms with van der Waals surface area (Å²) in [5, 5.41) is 16.1. The first kappa shape index (κ1) is 29.2. The van der Waals surface area contributed by atoms with Crippen molar-refractivity contribution in [2.24, 2.45) is 24.3 Å². The highest BCUT2D eigenvalue weighted by Gasteiger charge is 2.36. The fraction of sp³-hybridized carbons (Fsp3) is 0.467. The molecule has 9 nitrogen and oxygen atoms in total. The lowest BCUT2D eigenvalue weighted by atomic mass is 9.85. The Morgan fingerprint density at radius 2 is 1.82 bits per heavy atom. The van der Waals surface area contributed by atoms with Crippen molar-refractivity contribution in [2.45, 2.75) is 58.9 Å². The lowest BCUT2D eigenvalue weighted by Crippen LogP contribution is -2.54. The van der Waals surface area contributed by atoms with Crippen molar-refractivity contribution >= 4 is 34.9 Å². The molecule has 0 bridgehead atoms. The van der Waals surface area contributed by atoms with E-state index in [0.29, 0.717) is 34.4 Å². The minimum Gasteiger partial charge on any atom is -0.343 e. The molecular weight excluding hydrogens is 513 g/mol. The first-order valence-electron chi connectivity index (χ1n) is 13.7. The van der Waals surface area contributed by atoms with E-state index in [-0.39, 0.29) is 30.6 Å². The van der Waals surface area contributed by atoms with Crippen molar-refractivity contribution in [3.05, 3.63) is 48.3 Å². The van der Waals surface area contributed by atoms with Gasteiger partial charge >= 0.3 is 0 Å². The first-order chi connectivity index (χ1) is 19.0. The molecule has 0 radical (unpaired) electrons. The number of rotatable bonds is 10. The number of hydroxylamine groups is 2. The maximum atomic E-state index is 13.5. The summed E-state index contributed by atoms with van der Waals surface area (Å²) in [5.74, 6) is -0.693. The molecule has 3 amide bonds. The van der Waals surface area contributed by atoms with E-state index in [4.69, 9.17) is 4.98 Å². The molecule has 214 valence electrons. The van der Waals surface area contributed by atoms with E-state index in [2.05, 4.69) is 10.6 Å². The Hall–Kier alpha value is -3.79. The van der Waals surface area contributed by atoms with Gasteiger partial charge in [-0.05, 0) is 60.2 Å². The van der Waals surface area contributed by atoms with Crippen molar-refractivity contribution in [2.75, 3.05) is 11.9 Å². The number of halogens is 1. The van der Waals surface area contributed by atoms with E-state index >= 15 is 0 Å². The van der Waals surface area contributed by atoms with Crippen molar-refractivity contribution in [1.29, 1.82) is 0 Å². The molecule has 1 saturated carbocycles. The normalized spacial score (nSPS) is 15.6. The molecule has 2 atom stereocenters. The molecule has 3 N–H and O–H groups in total. The lowest BCUT2D eigenvalue weighted by Gasteiger charge is -2.32. The van der Waals surface area contributed by atoms with Crippen LogP contribution in [0, 0.1) is 23.1 Å². The SMILES string of the molecule is Cn1c(-c2ccc(F)cc2)nc2cc(NC(=O)[C@@H](NC(=O)[C@H](CC3CCCC3)CN(O)C=O)C(C)(C)C)ccc21. The Balaban J connectivity index is 1.52. The topological polar surface area (TPSA) is 117 Å². The number of fused-ring (bicyclic) bond motifs is 1. The zero-order valence-electron chi connectivity index (χ0n) is 23.5. The summed E-state index contributed by atoms with van der Waals surface area (Å²) < 4.78 is 15.3. The third-order valence-electron chi connectivity index (χ3n) is 7.66. The molecule has 0 aliphatic heterocycles. The van der Waals surface area contributed by atoms with Crippen molar-refractivity contribution in [3.8, 4) is 11.4 Å². The summed E-state index contributed by atoms with van der Waals surface area (Å²) in [6.45, 7) is 5.47. The van der Waals surface area contributed by atoms with Crippen LogP contribution < -0.4 is 10.6 Å². The van der Waals surface area contributed by atoms with Crippen LogP contribution in [0.15, 0.2) is 42.5 Å². The summed E-state index contributed by atoms with van der Waals surface area (Å²) in [6, 6.07) is 10.6. The maximum Gasteiger partial charge on any atom is 0.247 e. The van der Waals surface area contributed by atoms with Crippen molar-refractivity contribution in [3.63, 3.8) is 0 Å². The number of hydrogen-bond acceptors (Lipinski definition) is 5. The number of carbonyl (C=O) groups excluding carboxylic acids is 3. The third-order valence-corrected chi connectivity index (χ3v) is 7.66. The summed E-state index contributed by atoms with van der Waals surface area (Å²) >= 11 is 0. The Bertz CT molecular complexity index is 1360. The highest BCUT2D eigenvalue weighted by atomic mass is 19.1. The molecule has 1 heterocycles. The monoisotopic (exact) mass is 551 g/mol. The minimum absolute atomic E-state index is 0.128. The summed E-state index contributed by atoms with van der Waals surface area (Å²) in [7, 11) is 1.87. The van der Waals surface area contributed by atoms with Crippen LogP contribution in [0.3, 0.4) is 0 Å². The number of anilines is 1. The Morgan fingerprint density at radius 3 is 2.45 bits per heavy atom. The smallest absolute Gasteiger partial charge is 0.247 e. The van der Waals surface area contributed by atoms with Crippen LogP contribution in [0.25, 0.3) is 22.4 Å².